The maximum absolute atomic E-state index is 13.0. The van der Waals surface area contributed by atoms with E-state index in [1.54, 1.807) is 30.6 Å². The number of carbonyl (C=O) groups is 2. The predicted octanol–water partition coefficient (Wildman–Crippen LogP) is 4.42. The lowest BCUT2D eigenvalue weighted by molar-refractivity contribution is -0.125. The highest BCUT2D eigenvalue weighted by Crippen LogP contribution is 2.47. The number of nitrogens with zero attached hydrogens (tertiary/aromatic N) is 1. The summed E-state index contributed by atoms with van der Waals surface area (Å²) in [6.07, 6.45) is 5.83. The Hall–Kier alpha value is -2.43. The van der Waals surface area contributed by atoms with Crippen molar-refractivity contribution in [3.63, 3.8) is 0 Å². The lowest BCUT2D eigenvalue weighted by Crippen LogP contribution is -2.37. The van der Waals surface area contributed by atoms with E-state index in [0.29, 0.717) is 18.4 Å². The lowest BCUT2D eigenvalue weighted by atomic mass is 9.65. The Balaban J connectivity index is 2.17. The molecule has 1 aromatic heterocycles. The molecule has 2 atom stereocenters. The van der Waals surface area contributed by atoms with Gasteiger partial charge in [-0.3, -0.25) is 14.6 Å². The molecule has 0 bridgehead atoms. The van der Waals surface area contributed by atoms with Crippen LogP contribution in [0.25, 0.3) is 0 Å². The Morgan fingerprint density at radius 2 is 1.81 bits per heavy atom. The van der Waals surface area contributed by atoms with Gasteiger partial charge in [0.2, 0.25) is 0 Å². The third-order valence-electron chi connectivity index (χ3n) is 5.42. The molecular formula is C22H27NO4. The van der Waals surface area contributed by atoms with Crippen LogP contribution >= 0.6 is 0 Å². The molecule has 0 amide bonds. The van der Waals surface area contributed by atoms with Gasteiger partial charge in [-0.1, -0.05) is 33.8 Å². The molecule has 2 aliphatic rings. The number of carbonyl (C=O) groups excluding carboxylic acids is 2. The molecule has 5 heteroatoms. The molecule has 27 heavy (non-hydrogen) atoms. The largest absolute Gasteiger partial charge is 0.512 e. The van der Waals surface area contributed by atoms with Crippen molar-refractivity contribution in [2.45, 2.75) is 52.9 Å². The summed E-state index contributed by atoms with van der Waals surface area (Å²) >= 11 is 0. The summed E-state index contributed by atoms with van der Waals surface area (Å²) in [6, 6.07) is 3.51. The second-order valence-corrected chi connectivity index (χ2v) is 9.24. The van der Waals surface area contributed by atoms with E-state index in [-0.39, 0.29) is 40.5 Å². The number of aliphatic hydroxyl groups is 2. The molecule has 0 fully saturated rings. The van der Waals surface area contributed by atoms with Gasteiger partial charge in [-0.2, -0.15) is 0 Å². The molecule has 0 saturated heterocycles. The van der Waals surface area contributed by atoms with Crippen molar-refractivity contribution in [1.82, 2.24) is 4.98 Å². The van der Waals surface area contributed by atoms with Gasteiger partial charge in [-0.25, -0.2) is 0 Å². The average molecular weight is 369 g/mol. The molecule has 144 valence electrons. The van der Waals surface area contributed by atoms with Crippen molar-refractivity contribution >= 4 is 11.6 Å². The summed E-state index contributed by atoms with van der Waals surface area (Å²) in [5.41, 5.74) is 0.109. The van der Waals surface area contributed by atoms with Gasteiger partial charge in [0.25, 0.3) is 0 Å². The third-order valence-corrected chi connectivity index (χ3v) is 5.42. The van der Waals surface area contributed by atoms with Crippen LogP contribution in [0.5, 0.6) is 0 Å². The standard InChI is InChI=1S/C22H27NO4/c1-21(2)8-14(24)19(15(25)9-21)18(13-6-5-7-23-12-13)20-16(26)10-22(3,4)11-17(20)27/h5-8,12,18-19,24,26H,9-11H2,1-4H3/t18-,19+/m0/s1. The number of ketones is 2. The van der Waals surface area contributed by atoms with E-state index in [4.69, 9.17) is 0 Å². The fourth-order valence-electron chi connectivity index (χ4n) is 4.36. The van der Waals surface area contributed by atoms with Gasteiger partial charge in [0.1, 0.15) is 17.3 Å². The molecule has 2 N–H and O–H groups in total. The second kappa shape index (κ2) is 6.63. The van der Waals surface area contributed by atoms with Crippen LogP contribution < -0.4 is 0 Å². The van der Waals surface area contributed by atoms with Gasteiger partial charge in [0.15, 0.2) is 5.78 Å². The molecule has 2 aliphatic carbocycles. The van der Waals surface area contributed by atoms with E-state index in [0.717, 1.165) is 0 Å². The van der Waals surface area contributed by atoms with Crippen LogP contribution in [0.2, 0.25) is 0 Å². The number of Topliss-reactive ketones (excluding diaryl/α,β-unsaturated/α-hetero) is 2. The van der Waals surface area contributed by atoms with Gasteiger partial charge in [0.05, 0.1) is 5.92 Å². The van der Waals surface area contributed by atoms with E-state index >= 15 is 0 Å². The zero-order chi connectivity index (χ0) is 20.0. The summed E-state index contributed by atoms with van der Waals surface area (Å²) in [5.74, 6) is -1.96. The van der Waals surface area contributed by atoms with Crippen LogP contribution in [0.1, 0.15) is 58.4 Å². The van der Waals surface area contributed by atoms with Crippen molar-refractivity contribution in [3.8, 4) is 0 Å². The number of hydrogen-bond donors (Lipinski definition) is 2. The van der Waals surface area contributed by atoms with Crippen LogP contribution in [0.4, 0.5) is 0 Å². The van der Waals surface area contributed by atoms with Crippen molar-refractivity contribution in [2.24, 2.45) is 16.7 Å². The Morgan fingerprint density at radius 3 is 2.37 bits per heavy atom. The Morgan fingerprint density at radius 1 is 1.11 bits per heavy atom. The molecule has 1 aromatic rings. The summed E-state index contributed by atoms with van der Waals surface area (Å²) < 4.78 is 0. The van der Waals surface area contributed by atoms with Crippen LogP contribution in [-0.4, -0.2) is 26.8 Å². The first-order chi connectivity index (χ1) is 12.5. The second-order valence-electron chi connectivity index (χ2n) is 9.24. The minimum atomic E-state index is -0.885. The SMILES string of the molecule is CC1(C)C=C(O)[C@@H]([C@@H](C2=C(O)CC(C)(C)CC2=O)c2cccnc2)C(=O)C1. The van der Waals surface area contributed by atoms with Gasteiger partial charge < -0.3 is 10.2 Å². The van der Waals surface area contributed by atoms with Crippen LogP contribution in [0, 0.1) is 16.7 Å². The van der Waals surface area contributed by atoms with Crippen LogP contribution in [0.3, 0.4) is 0 Å². The molecule has 0 saturated carbocycles. The van der Waals surface area contributed by atoms with Crippen molar-refractivity contribution in [1.29, 1.82) is 0 Å². The Bertz CT molecular complexity index is 833. The number of rotatable bonds is 3. The van der Waals surface area contributed by atoms with Gasteiger partial charge in [-0.15, -0.1) is 0 Å². The quantitative estimate of drug-likeness (QED) is 0.823. The number of pyridine rings is 1. The van der Waals surface area contributed by atoms with Crippen molar-refractivity contribution < 1.29 is 19.8 Å². The Kier molecular flexibility index (Phi) is 4.74. The smallest absolute Gasteiger partial charge is 0.163 e. The number of allylic oxidation sites excluding steroid dienone is 4. The fourth-order valence-corrected chi connectivity index (χ4v) is 4.36. The number of hydrogen-bond acceptors (Lipinski definition) is 5. The topological polar surface area (TPSA) is 87.5 Å². The van der Waals surface area contributed by atoms with Crippen LogP contribution in [-0.2, 0) is 9.59 Å². The van der Waals surface area contributed by atoms with Gasteiger partial charge in [-0.05, 0) is 28.5 Å². The zero-order valence-electron chi connectivity index (χ0n) is 16.3. The zero-order valence-corrected chi connectivity index (χ0v) is 16.3. The van der Waals surface area contributed by atoms with E-state index in [1.165, 1.54) is 0 Å². The molecule has 0 aromatic carbocycles. The molecular weight excluding hydrogens is 342 g/mol. The number of aromatic nitrogens is 1. The maximum atomic E-state index is 13.0. The lowest BCUT2D eigenvalue weighted by Gasteiger charge is -2.38. The first-order valence-electron chi connectivity index (χ1n) is 9.30. The molecule has 0 radical (unpaired) electrons. The highest BCUT2D eigenvalue weighted by molar-refractivity contribution is 6.00. The highest BCUT2D eigenvalue weighted by Gasteiger charge is 2.46. The molecule has 0 unspecified atom stereocenters. The monoisotopic (exact) mass is 369 g/mol. The predicted molar refractivity (Wildman–Crippen MR) is 102 cm³/mol. The first kappa shape index (κ1) is 19.3. The van der Waals surface area contributed by atoms with Gasteiger partial charge >= 0.3 is 0 Å². The summed E-state index contributed by atoms with van der Waals surface area (Å²) in [5, 5.41) is 21.5. The third kappa shape index (κ3) is 3.82. The molecule has 0 spiro atoms. The molecule has 0 aliphatic heterocycles. The van der Waals surface area contributed by atoms with E-state index in [9.17, 15) is 19.8 Å². The molecule has 1 heterocycles. The van der Waals surface area contributed by atoms with Crippen LogP contribution in [0.15, 0.2) is 47.7 Å². The minimum absolute atomic E-state index is 0.00976. The number of aliphatic hydroxyl groups excluding tert-OH is 2. The van der Waals surface area contributed by atoms with E-state index in [1.807, 2.05) is 27.7 Å². The molecule has 3 rings (SSSR count). The first-order valence-corrected chi connectivity index (χ1v) is 9.30. The Labute approximate surface area is 159 Å². The normalized spacial score (nSPS) is 25.9. The summed E-state index contributed by atoms with van der Waals surface area (Å²) in [7, 11) is 0. The van der Waals surface area contributed by atoms with E-state index < -0.39 is 17.3 Å². The summed E-state index contributed by atoms with van der Waals surface area (Å²) in [4.78, 5) is 30.1. The molecule has 5 nitrogen and oxygen atoms in total. The van der Waals surface area contributed by atoms with Crippen molar-refractivity contribution in [3.05, 3.63) is 53.3 Å². The van der Waals surface area contributed by atoms with E-state index in [2.05, 4.69) is 4.98 Å². The minimum Gasteiger partial charge on any atom is -0.512 e. The summed E-state index contributed by atoms with van der Waals surface area (Å²) in [6.45, 7) is 7.65. The van der Waals surface area contributed by atoms with Crippen molar-refractivity contribution in [2.75, 3.05) is 0 Å². The maximum Gasteiger partial charge on any atom is 0.163 e. The fraction of sp³-hybridized carbons (Fsp3) is 0.500. The average Bonchev–Trinajstić information content (AvgIpc) is 2.50. The highest BCUT2D eigenvalue weighted by atomic mass is 16.3. The van der Waals surface area contributed by atoms with Gasteiger partial charge in [0, 0.05) is 43.1 Å².